The number of piperazine rings is 1. The van der Waals surface area contributed by atoms with Gasteiger partial charge in [0.05, 0.1) is 18.7 Å². The summed E-state index contributed by atoms with van der Waals surface area (Å²) in [4.78, 5) is 53.5. The van der Waals surface area contributed by atoms with E-state index < -0.39 is 18.1 Å². The summed E-state index contributed by atoms with van der Waals surface area (Å²) in [5.41, 5.74) is 0.893. The second-order valence-electron chi connectivity index (χ2n) is 7.15. The number of benzene rings is 1. The first kappa shape index (κ1) is 20.8. The van der Waals surface area contributed by atoms with E-state index in [1.807, 2.05) is 0 Å². The maximum Gasteiger partial charge on any atom is 0.338 e. The second-order valence-corrected chi connectivity index (χ2v) is 7.15. The van der Waals surface area contributed by atoms with Crippen LogP contribution in [0.1, 0.15) is 29.8 Å². The van der Waals surface area contributed by atoms with Crippen LogP contribution in [0.15, 0.2) is 24.3 Å². The van der Waals surface area contributed by atoms with Crippen LogP contribution >= 0.6 is 0 Å². The summed E-state index contributed by atoms with van der Waals surface area (Å²) in [6, 6.07) is 6.07. The molecule has 2 heterocycles. The Labute approximate surface area is 169 Å². The van der Waals surface area contributed by atoms with Gasteiger partial charge in [0.1, 0.15) is 0 Å². The van der Waals surface area contributed by atoms with Gasteiger partial charge in [-0.25, -0.2) is 9.59 Å². The van der Waals surface area contributed by atoms with Gasteiger partial charge in [-0.3, -0.25) is 14.5 Å². The van der Waals surface area contributed by atoms with Crippen LogP contribution in [-0.4, -0.2) is 83.9 Å². The number of carbonyl (C=O) groups excluding carboxylic acids is 4. The topological polar surface area (TPSA) is 99.3 Å². The van der Waals surface area contributed by atoms with Crippen LogP contribution < -0.4 is 5.32 Å². The fourth-order valence-corrected chi connectivity index (χ4v) is 3.42. The highest BCUT2D eigenvalue weighted by Gasteiger charge is 2.29. The molecule has 4 amide bonds. The molecule has 2 aliphatic rings. The molecule has 2 aliphatic heterocycles. The van der Waals surface area contributed by atoms with E-state index >= 15 is 0 Å². The Hall–Kier alpha value is -2.94. The molecule has 1 unspecified atom stereocenters. The van der Waals surface area contributed by atoms with Crippen molar-refractivity contribution < 1.29 is 23.9 Å². The number of urea groups is 1. The molecule has 1 aromatic carbocycles. The number of ether oxygens (including phenoxy) is 1. The molecule has 1 N–H and O–H groups in total. The van der Waals surface area contributed by atoms with Crippen molar-refractivity contribution in [2.75, 3.05) is 39.3 Å². The fourth-order valence-electron chi connectivity index (χ4n) is 3.42. The van der Waals surface area contributed by atoms with Gasteiger partial charge in [-0.1, -0.05) is 19.1 Å². The van der Waals surface area contributed by atoms with Crippen molar-refractivity contribution >= 4 is 23.8 Å². The van der Waals surface area contributed by atoms with Crippen LogP contribution in [-0.2, 0) is 20.9 Å². The maximum absolute atomic E-state index is 12.6. The molecular weight excluding hydrogens is 376 g/mol. The monoisotopic (exact) mass is 402 g/mol. The zero-order valence-electron chi connectivity index (χ0n) is 16.7. The summed E-state index contributed by atoms with van der Waals surface area (Å²) in [5, 5.41) is 2.45. The zero-order chi connectivity index (χ0) is 21.0. The van der Waals surface area contributed by atoms with Gasteiger partial charge >= 0.3 is 12.0 Å². The minimum Gasteiger partial charge on any atom is -0.449 e. The predicted octanol–water partition coefficient (Wildman–Crippen LogP) is 0.448. The SMILES string of the molecule is CCN1CCN(C(=O)C(C)OC(=O)c2cccc(CN3C(=O)CNC3=O)c2)CC1. The lowest BCUT2D eigenvalue weighted by molar-refractivity contribution is -0.141. The highest BCUT2D eigenvalue weighted by Crippen LogP contribution is 2.14. The van der Waals surface area contributed by atoms with Gasteiger partial charge in [-0.2, -0.15) is 0 Å². The van der Waals surface area contributed by atoms with E-state index in [9.17, 15) is 19.2 Å². The van der Waals surface area contributed by atoms with E-state index in [-0.39, 0.29) is 30.5 Å². The van der Waals surface area contributed by atoms with Crippen LogP contribution in [0.3, 0.4) is 0 Å². The first-order chi connectivity index (χ1) is 13.9. The average molecular weight is 402 g/mol. The number of nitrogens with one attached hydrogen (secondary N) is 1. The number of rotatable bonds is 6. The van der Waals surface area contributed by atoms with Crippen LogP contribution in [0.5, 0.6) is 0 Å². The van der Waals surface area contributed by atoms with Gasteiger partial charge in [-0.05, 0) is 31.2 Å². The molecule has 9 heteroatoms. The first-order valence-electron chi connectivity index (χ1n) is 9.78. The van der Waals surface area contributed by atoms with Gasteiger partial charge in [0.25, 0.3) is 5.91 Å². The molecule has 0 radical (unpaired) electrons. The fraction of sp³-hybridized carbons (Fsp3) is 0.500. The zero-order valence-corrected chi connectivity index (χ0v) is 16.7. The van der Waals surface area contributed by atoms with Crippen molar-refractivity contribution in [2.45, 2.75) is 26.5 Å². The van der Waals surface area contributed by atoms with Crippen molar-refractivity contribution in [1.82, 2.24) is 20.0 Å². The van der Waals surface area contributed by atoms with Crippen molar-refractivity contribution in [3.8, 4) is 0 Å². The average Bonchev–Trinajstić information content (AvgIpc) is 3.05. The third-order valence-electron chi connectivity index (χ3n) is 5.20. The number of carbonyl (C=O) groups is 4. The number of hydrogen-bond donors (Lipinski definition) is 1. The molecule has 3 rings (SSSR count). The first-order valence-corrected chi connectivity index (χ1v) is 9.78. The Bertz CT molecular complexity index is 788. The summed E-state index contributed by atoms with van der Waals surface area (Å²) in [6.45, 7) is 7.53. The number of likely N-dealkylation sites (N-methyl/N-ethyl adjacent to an activating group) is 1. The van der Waals surface area contributed by atoms with E-state index in [1.54, 1.807) is 36.1 Å². The Balaban J connectivity index is 1.58. The summed E-state index contributed by atoms with van der Waals surface area (Å²) in [5.74, 6) is -1.13. The second kappa shape index (κ2) is 9.04. The lowest BCUT2D eigenvalue weighted by atomic mass is 10.1. The molecule has 1 atom stereocenters. The minimum absolute atomic E-state index is 0.0211. The van der Waals surface area contributed by atoms with Gasteiger partial charge in [0, 0.05) is 26.2 Å². The third-order valence-corrected chi connectivity index (χ3v) is 5.20. The maximum atomic E-state index is 12.6. The quantitative estimate of drug-likeness (QED) is 0.548. The number of esters is 1. The molecule has 1 aromatic rings. The van der Waals surface area contributed by atoms with Crippen LogP contribution in [0.2, 0.25) is 0 Å². The minimum atomic E-state index is -0.884. The molecule has 156 valence electrons. The van der Waals surface area contributed by atoms with E-state index in [1.165, 1.54) is 0 Å². The van der Waals surface area contributed by atoms with Crippen LogP contribution in [0.4, 0.5) is 4.79 Å². The molecule has 0 spiro atoms. The van der Waals surface area contributed by atoms with E-state index in [4.69, 9.17) is 4.74 Å². The molecule has 2 fully saturated rings. The van der Waals surface area contributed by atoms with E-state index in [0.29, 0.717) is 18.7 Å². The van der Waals surface area contributed by atoms with Gasteiger partial charge in [0.15, 0.2) is 6.10 Å². The summed E-state index contributed by atoms with van der Waals surface area (Å²) in [7, 11) is 0. The molecule has 0 aliphatic carbocycles. The number of amides is 4. The Kier molecular flexibility index (Phi) is 6.48. The molecule has 29 heavy (non-hydrogen) atoms. The van der Waals surface area contributed by atoms with Crippen molar-refractivity contribution in [3.05, 3.63) is 35.4 Å². The predicted molar refractivity (Wildman–Crippen MR) is 104 cm³/mol. The number of imide groups is 1. The lowest BCUT2D eigenvalue weighted by Crippen LogP contribution is -2.51. The third kappa shape index (κ3) is 4.92. The largest absolute Gasteiger partial charge is 0.449 e. The van der Waals surface area contributed by atoms with E-state index in [2.05, 4.69) is 17.1 Å². The van der Waals surface area contributed by atoms with Crippen molar-refractivity contribution in [2.24, 2.45) is 0 Å². The molecule has 2 saturated heterocycles. The van der Waals surface area contributed by atoms with Crippen molar-refractivity contribution in [1.29, 1.82) is 0 Å². The van der Waals surface area contributed by atoms with Gasteiger partial charge < -0.3 is 19.9 Å². The molecule has 0 bridgehead atoms. The summed E-state index contributed by atoms with van der Waals surface area (Å²) < 4.78 is 5.37. The highest BCUT2D eigenvalue weighted by molar-refractivity contribution is 6.01. The lowest BCUT2D eigenvalue weighted by Gasteiger charge is -2.35. The van der Waals surface area contributed by atoms with Crippen LogP contribution in [0, 0.1) is 0 Å². The van der Waals surface area contributed by atoms with Crippen molar-refractivity contribution in [3.63, 3.8) is 0 Å². The summed E-state index contributed by atoms with van der Waals surface area (Å²) >= 11 is 0. The molecule has 0 aromatic heterocycles. The van der Waals surface area contributed by atoms with Crippen LogP contribution in [0.25, 0.3) is 0 Å². The van der Waals surface area contributed by atoms with E-state index in [0.717, 1.165) is 24.5 Å². The molecule has 9 nitrogen and oxygen atoms in total. The normalized spacial score (nSPS) is 18.6. The highest BCUT2D eigenvalue weighted by atomic mass is 16.5. The van der Waals surface area contributed by atoms with Gasteiger partial charge in [0.2, 0.25) is 5.91 Å². The Morgan fingerprint density at radius 3 is 2.52 bits per heavy atom. The van der Waals surface area contributed by atoms with Gasteiger partial charge in [-0.15, -0.1) is 0 Å². The number of hydrogen-bond acceptors (Lipinski definition) is 6. The standard InChI is InChI=1S/C20H26N4O5/c1-3-22-7-9-23(10-8-22)18(26)14(2)29-19(27)16-6-4-5-15(11-16)13-24-17(25)12-21-20(24)28/h4-6,11,14H,3,7-10,12-13H2,1-2H3,(H,21,28). The smallest absolute Gasteiger partial charge is 0.338 e. The number of nitrogens with zero attached hydrogens (tertiary/aromatic N) is 3. The molecule has 0 saturated carbocycles. The Morgan fingerprint density at radius 1 is 1.17 bits per heavy atom. The molecular formula is C20H26N4O5. The summed E-state index contributed by atoms with van der Waals surface area (Å²) in [6.07, 6.45) is -0.884. The Morgan fingerprint density at radius 2 is 1.90 bits per heavy atom.